The van der Waals surface area contributed by atoms with Gasteiger partial charge in [-0.1, -0.05) is 91.1 Å². The molecule has 0 radical (unpaired) electrons. The van der Waals surface area contributed by atoms with Gasteiger partial charge in [0.2, 0.25) is 21.8 Å². The van der Waals surface area contributed by atoms with E-state index >= 15 is 0 Å². The van der Waals surface area contributed by atoms with Crippen LogP contribution in [-0.4, -0.2) is 50.5 Å². The fourth-order valence-electron chi connectivity index (χ4n) is 4.72. The Morgan fingerprint density at radius 3 is 2.29 bits per heavy atom. The Morgan fingerprint density at radius 1 is 0.952 bits per heavy atom. The van der Waals surface area contributed by atoms with Crippen LogP contribution in [0.1, 0.15) is 49.3 Å². The van der Waals surface area contributed by atoms with Crippen LogP contribution in [0.25, 0.3) is 0 Å². The van der Waals surface area contributed by atoms with E-state index in [0.717, 1.165) is 30.2 Å². The number of halogens is 2. The number of sulfonamides is 1. The molecule has 0 unspecified atom stereocenters. The van der Waals surface area contributed by atoms with Gasteiger partial charge in [-0.2, -0.15) is 0 Å². The second kappa shape index (κ2) is 16.0. The van der Waals surface area contributed by atoms with Crippen LogP contribution in [0.15, 0.2) is 72.8 Å². The Morgan fingerprint density at radius 2 is 1.64 bits per heavy atom. The molecule has 3 aromatic rings. The van der Waals surface area contributed by atoms with Gasteiger partial charge in [0.1, 0.15) is 6.04 Å². The molecule has 0 aliphatic rings. The van der Waals surface area contributed by atoms with Gasteiger partial charge in [-0.3, -0.25) is 13.9 Å². The van der Waals surface area contributed by atoms with Gasteiger partial charge >= 0.3 is 0 Å². The van der Waals surface area contributed by atoms with E-state index in [1.54, 1.807) is 35.2 Å². The lowest BCUT2D eigenvalue weighted by atomic mass is 10.0. The van der Waals surface area contributed by atoms with Gasteiger partial charge in [-0.25, -0.2) is 8.42 Å². The fraction of sp³-hybridized carbons (Fsp3) is 0.375. The maximum Gasteiger partial charge on any atom is 0.243 e. The molecule has 0 aliphatic carbocycles. The Hall–Kier alpha value is -3.07. The second-order valence-electron chi connectivity index (χ2n) is 10.3. The molecule has 226 valence electrons. The summed E-state index contributed by atoms with van der Waals surface area (Å²) in [6, 6.07) is 21.1. The number of nitrogens with one attached hydrogen (secondary N) is 1. The summed E-state index contributed by atoms with van der Waals surface area (Å²) >= 11 is 12.6. The van der Waals surface area contributed by atoms with Gasteiger partial charge in [0.25, 0.3) is 0 Å². The predicted molar refractivity (Wildman–Crippen MR) is 171 cm³/mol. The van der Waals surface area contributed by atoms with E-state index in [0.29, 0.717) is 34.3 Å². The molecule has 0 spiro atoms. The summed E-state index contributed by atoms with van der Waals surface area (Å²) in [6.07, 6.45) is 3.52. The largest absolute Gasteiger partial charge is 0.354 e. The zero-order valence-electron chi connectivity index (χ0n) is 24.4. The third-order valence-electron chi connectivity index (χ3n) is 6.99. The van der Waals surface area contributed by atoms with E-state index in [4.69, 9.17) is 23.2 Å². The van der Waals surface area contributed by atoms with Crippen molar-refractivity contribution in [1.82, 2.24) is 10.2 Å². The summed E-state index contributed by atoms with van der Waals surface area (Å²) in [5, 5.41) is 3.86. The molecule has 1 atom stereocenters. The van der Waals surface area contributed by atoms with Gasteiger partial charge in [0.05, 0.1) is 11.9 Å². The van der Waals surface area contributed by atoms with E-state index in [-0.39, 0.29) is 37.7 Å². The van der Waals surface area contributed by atoms with E-state index in [9.17, 15) is 18.0 Å². The summed E-state index contributed by atoms with van der Waals surface area (Å²) in [5.74, 6) is -0.519. The quantitative estimate of drug-likeness (QED) is 0.197. The zero-order valence-corrected chi connectivity index (χ0v) is 26.7. The smallest absolute Gasteiger partial charge is 0.243 e. The van der Waals surface area contributed by atoms with Crippen molar-refractivity contribution in [2.45, 2.75) is 58.5 Å². The molecule has 0 fully saturated rings. The topological polar surface area (TPSA) is 86.8 Å². The first kappa shape index (κ1) is 33.4. The number of carbonyl (C=O) groups excluding carboxylic acids is 2. The lowest BCUT2D eigenvalue weighted by Crippen LogP contribution is -2.50. The van der Waals surface area contributed by atoms with Crippen LogP contribution >= 0.6 is 23.2 Å². The second-order valence-corrected chi connectivity index (χ2v) is 13.1. The Kier molecular flexibility index (Phi) is 12.7. The molecule has 0 saturated carbocycles. The maximum atomic E-state index is 13.9. The molecule has 0 bridgehead atoms. The predicted octanol–water partition coefficient (Wildman–Crippen LogP) is 6.40. The summed E-state index contributed by atoms with van der Waals surface area (Å²) < 4.78 is 26.7. The number of anilines is 1. The molecule has 0 aromatic heterocycles. The molecular formula is C32H39Cl2N3O4S. The van der Waals surface area contributed by atoms with Gasteiger partial charge in [-0.05, 0) is 54.7 Å². The lowest BCUT2D eigenvalue weighted by Gasteiger charge is -2.32. The molecule has 0 heterocycles. The zero-order chi connectivity index (χ0) is 30.7. The van der Waals surface area contributed by atoms with Crippen LogP contribution in [0.3, 0.4) is 0 Å². The Bertz CT molecular complexity index is 1450. The van der Waals surface area contributed by atoms with E-state index in [1.165, 1.54) is 4.31 Å². The minimum atomic E-state index is -3.59. The lowest BCUT2D eigenvalue weighted by molar-refractivity contribution is -0.141. The highest BCUT2D eigenvalue weighted by atomic mass is 35.5. The van der Waals surface area contributed by atoms with Crippen LogP contribution in [0.4, 0.5) is 5.69 Å². The van der Waals surface area contributed by atoms with Crippen molar-refractivity contribution >= 4 is 50.7 Å². The molecule has 0 aliphatic heterocycles. The molecule has 7 nitrogen and oxygen atoms in total. The number of aryl methyl sites for hydroxylation is 1. The highest BCUT2D eigenvalue weighted by Gasteiger charge is 2.31. The number of hydrogen-bond donors (Lipinski definition) is 1. The van der Waals surface area contributed by atoms with Crippen molar-refractivity contribution in [3.05, 3.63) is 99.5 Å². The Labute approximate surface area is 259 Å². The number of benzene rings is 3. The van der Waals surface area contributed by atoms with Crippen molar-refractivity contribution in [1.29, 1.82) is 0 Å². The fourth-order valence-corrected chi connectivity index (χ4v) is 6.21. The standard InChI is InChI=1S/C32H39Cl2N3O4S/c1-4-5-19-35-32(39)30(21-25-13-7-6-8-14-25)36(23-26-17-18-27(33)22-28(26)34)31(38)16-11-20-37(42(3,40)41)29-15-10-9-12-24(29)2/h6-10,12-15,17-18,22,30H,4-5,11,16,19-21,23H2,1-3H3,(H,35,39)/t30-/m0/s1. The monoisotopic (exact) mass is 631 g/mol. The molecule has 3 aromatic carbocycles. The van der Waals surface area contributed by atoms with Crippen molar-refractivity contribution in [3.8, 4) is 0 Å². The molecule has 3 rings (SSSR count). The molecule has 42 heavy (non-hydrogen) atoms. The van der Waals surface area contributed by atoms with Crippen LogP contribution < -0.4 is 9.62 Å². The molecule has 2 amide bonds. The summed E-state index contributed by atoms with van der Waals surface area (Å²) in [6.45, 7) is 4.62. The third-order valence-corrected chi connectivity index (χ3v) is 8.76. The van der Waals surface area contributed by atoms with E-state index in [1.807, 2.05) is 56.3 Å². The van der Waals surface area contributed by atoms with E-state index in [2.05, 4.69) is 5.32 Å². The SMILES string of the molecule is CCCCNC(=O)[C@H](Cc1ccccc1)N(Cc1ccc(Cl)cc1Cl)C(=O)CCCN(c1ccccc1C)S(C)(=O)=O. The normalized spacial score (nSPS) is 12.0. The summed E-state index contributed by atoms with van der Waals surface area (Å²) in [4.78, 5) is 29.1. The van der Waals surface area contributed by atoms with Crippen molar-refractivity contribution in [2.75, 3.05) is 23.7 Å². The summed E-state index contributed by atoms with van der Waals surface area (Å²) in [5.41, 5.74) is 2.97. The maximum absolute atomic E-state index is 13.9. The number of carbonyl (C=O) groups is 2. The average Bonchev–Trinajstić information content (AvgIpc) is 2.94. The average molecular weight is 633 g/mol. The number of unbranched alkanes of at least 4 members (excludes halogenated alkanes) is 1. The number of hydrogen-bond acceptors (Lipinski definition) is 4. The van der Waals surface area contributed by atoms with Crippen molar-refractivity contribution in [3.63, 3.8) is 0 Å². The van der Waals surface area contributed by atoms with Crippen molar-refractivity contribution in [2.24, 2.45) is 0 Å². The highest BCUT2D eigenvalue weighted by Crippen LogP contribution is 2.26. The van der Waals surface area contributed by atoms with Crippen LogP contribution in [0.2, 0.25) is 10.0 Å². The summed E-state index contributed by atoms with van der Waals surface area (Å²) in [7, 11) is -3.59. The number of rotatable bonds is 15. The number of para-hydroxylation sites is 1. The minimum Gasteiger partial charge on any atom is -0.354 e. The van der Waals surface area contributed by atoms with Gasteiger partial charge in [-0.15, -0.1) is 0 Å². The first-order valence-corrected chi connectivity index (χ1v) is 16.7. The van der Waals surface area contributed by atoms with Crippen molar-refractivity contribution < 1.29 is 18.0 Å². The molecule has 0 saturated heterocycles. The Balaban J connectivity index is 1.91. The van der Waals surface area contributed by atoms with E-state index < -0.39 is 16.1 Å². The first-order valence-electron chi connectivity index (χ1n) is 14.1. The number of amides is 2. The third kappa shape index (κ3) is 9.75. The van der Waals surface area contributed by atoms with Gasteiger partial charge in [0, 0.05) is 42.5 Å². The molecular weight excluding hydrogens is 593 g/mol. The minimum absolute atomic E-state index is 0.0383. The first-order chi connectivity index (χ1) is 20.0. The van der Waals surface area contributed by atoms with Gasteiger partial charge < -0.3 is 10.2 Å². The van der Waals surface area contributed by atoms with Crippen LogP contribution in [-0.2, 0) is 32.6 Å². The van der Waals surface area contributed by atoms with Gasteiger partial charge in [0.15, 0.2) is 0 Å². The van der Waals surface area contributed by atoms with Crippen LogP contribution in [0.5, 0.6) is 0 Å². The molecule has 10 heteroatoms. The number of nitrogens with zero attached hydrogens (tertiary/aromatic N) is 2. The van der Waals surface area contributed by atoms with Crippen LogP contribution in [0, 0.1) is 6.92 Å². The highest BCUT2D eigenvalue weighted by molar-refractivity contribution is 7.92. The molecule has 1 N–H and O–H groups in total.